The predicted octanol–water partition coefficient (Wildman–Crippen LogP) is 3.68. The summed E-state index contributed by atoms with van der Waals surface area (Å²) in [6, 6.07) is 16.4. The highest BCUT2D eigenvalue weighted by Gasteiger charge is 2.47. The van der Waals surface area contributed by atoms with Gasteiger partial charge in [-0.15, -0.1) is 0 Å². The summed E-state index contributed by atoms with van der Waals surface area (Å²) in [5.74, 6) is -0.338. The molecule has 1 aliphatic carbocycles. The quantitative estimate of drug-likeness (QED) is 0.811. The fourth-order valence-corrected chi connectivity index (χ4v) is 2.94. The highest BCUT2D eigenvalue weighted by molar-refractivity contribution is 6.05. The van der Waals surface area contributed by atoms with Gasteiger partial charge in [0.25, 0.3) is 0 Å². The van der Waals surface area contributed by atoms with Crippen LogP contribution >= 0.6 is 0 Å². The first-order valence-electron chi connectivity index (χ1n) is 7.41. The Morgan fingerprint density at radius 2 is 1.73 bits per heavy atom. The first-order chi connectivity index (χ1) is 10.5. The number of benzene rings is 2. The Balaban J connectivity index is 1.80. The van der Waals surface area contributed by atoms with Gasteiger partial charge < -0.3 is 4.74 Å². The summed E-state index contributed by atoms with van der Waals surface area (Å²) >= 11 is 0. The van der Waals surface area contributed by atoms with Gasteiger partial charge in [-0.25, -0.2) is 4.79 Å². The highest BCUT2D eigenvalue weighted by Crippen LogP contribution is 2.40. The summed E-state index contributed by atoms with van der Waals surface area (Å²) in [4.78, 5) is 24.9. The Labute approximate surface area is 129 Å². The molecule has 0 aromatic heterocycles. The van der Waals surface area contributed by atoms with E-state index in [1.807, 2.05) is 37.3 Å². The third-order valence-electron chi connectivity index (χ3n) is 4.53. The average molecular weight is 294 g/mol. The van der Waals surface area contributed by atoms with E-state index in [1.165, 1.54) is 0 Å². The van der Waals surface area contributed by atoms with E-state index in [4.69, 9.17) is 4.74 Å². The number of hydrogen-bond acceptors (Lipinski definition) is 3. The molecule has 0 unspecified atom stereocenters. The van der Waals surface area contributed by atoms with Crippen LogP contribution in [0.4, 0.5) is 0 Å². The maximum atomic E-state index is 12.7. The van der Waals surface area contributed by atoms with E-state index in [2.05, 4.69) is 0 Å². The summed E-state index contributed by atoms with van der Waals surface area (Å²) in [5, 5.41) is 0. The van der Waals surface area contributed by atoms with Crippen LogP contribution in [0, 0.1) is 5.41 Å². The normalized spacial score (nSPS) is 21.3. The molecule has 0 amide bonds. The van der Waals surface area contributed by atoms with Gasteiger partial charge in [-0.2, -0.15) is 0 Å². The molecule has 2 aromatic carbocycles. The molecule has 0 bridgehead atoms. The van der Waals surface area contributed by atoms with Gasteiger partial charge >= 0.3 is 5.97 Å². The van der Waals surface area contributed by atoms with Gasteiger partial charge in [0.2, 0.25) is 0 Å². The smallest absolute Gasteiger partial charge is 0.338 e. The number of ether oxygens (including phenoxy) is 1. The Morgan fingerprint density at radius 3 is 2.41 bits per heavy atom. The van der Waals surface area contributed by atoms with E-state index >= 15 is 0 Å². The molecule has 2 atom stereocenters. The fraction of sp³-hybridized carbons (Fsp3) is 0.263. The molecule has 0 aliphatic heterocycles. The van der Waals surface area contributed by atoms with Crippen LogP contribution in [0.1, 0.15) is 40.1 Å². The lowest BCUT2D eigenvalue weighted by atomic mass is 9.81. The minimum Gasteiger partial charge on any atom is -0.458 e. The van der Waals surface area contributed by atoms with Gasteiger partial charge in [0, 0.05) is 5.56 Å². The van der Waals surface area contributed by atoms with Gasteiger partial charge in [0.05, 0.1) is 11.0 Å². The average Bonchev–Trinajstić information content (AvgIpc) is 2.81. The summed E-state index contributed by atoms with van der Waals surface area (Å²) in [5.41, 5.74) is 1.57. The number of Topliss-reactive ketones (excluding diaryl/α,β-unsaturated/α-hetero) is 1. The van der Waals surface area contributed by atoms with Crippen molar-refractivity contribution in [1.82, 2.24) is 0 Å². The molecule has 0 saturated carbocycles. The standard InChI is InChI=1S/C19H18O3/c1-13(22-18(21)14-8-4-3-5-9-14)19(2)12-15-10-6-7-11-16(15)17(19)20/h3-11,13H,12H2,1-2H3/t13-,19+/m0/s1. The van der Waals surface area contributed by atoms with E-state index < -0.39 is 17.5 Å². The molecule has 0 fully saturated rings. The molecule has 0 N–H and O–H groups in total. The highest BCUT2D eigenvalue weighted by atomic mass is 16.5. The van der Waals surface area contributed by atoms with Crippen molar-refractivity contribution in [3.8, 4) is 0 Å². The van der Waals surface area contributed by atoms with Crippen LogP contribution in [0.3, 0.4) is 0 Å². The molecular weight excluding hydrogens is 276 g/mol. The lowest BCUT2D eigenvalue weighted by Gasteiger charge is -2.29. The predicted molar refractivity (Wildman–Crippen MR) is 83.9 cm³/mol. The van der Waals surface area contributed by atoms with Crippen molar-refractivity contribution in [2.75, 3.05) is 0 Å². The maximum absolute atomic E-state index is 12.7. The Morgan fingerprint density at radius 1 is 1.09 bits per heavy atom. The van der Waals surface area contributed by atoms with E-state index in [0.29, 0.717) is 12.0 Å². The number of ketones is 1. The van der Waals surface area contributed by atoms with Gasteiger partial charge in [0.15, 0.2) is 5.78 Å². The number of esters is 1. The lowest BCUT2D eigenvalue weighted by Crippen LogP contribution is -2.39. The van der Waals surface area contributed by atoms with Crippen molar-refractivity contribution in [3.05, 3.63) is 71.3 Å². The molecule has 3 nitrogen and oxygen atoms in total. The van der Waals surface area contributed by atoms with Gasteiger partial charge in [-0.1, -0.05) is 42.5 Å². The summed E-state index contributed by atoms with van der Waals surface area (Å²) in [6.45, 7) is 3.67. The summed E-state index contributed by atoms with van der Waals surface area (Å²) in [7, 11) is 0. The van der Waals surface area contributed by atoms with Crippen LogP contribution < -0.4 is 0 Å². The van der Waals surface area contributed by atoms with Crippen LogP contribution in [0.15, 0.2) is 54.6 Å². The summed E-state index contributed by atoms with van der Waals surface area (Å²) in [6.07, 6.45) is 0.116. The second-order valence-electron chi connectivity index (χ2n) is 5.99. The minimum absolute atomic E-state index is 0.0523. The monoisotopic (exact) mass is 294 g/mol. The molecular formula is C19H18O3. The van der Waals surface area contributed by atoms with E-state index in [1.54, 1.807) is 31.2 Å². The Bertz CT molecular complexity index is 720. The minimum atomic E-state index is -0.700. The lowest BCUT2D eigenvalue weighted by molar-refractivity contribution is 0.00179. The van der Waals surface area contributed by atoms with Crippen LogP contribution in [-0.2, 0) is 11.2 Å². The van der Waals surface area contributed by atoms with Crippen LogP contribution in [-0.4, -0.2) is 17.9 Å². The molecule has 0 spiro atoms. The number of rotatable bonds is 3. The number of fused-ring (bicyclic) bond motifs is 1. The Kier molecular flexibility index (Phi) is 3.57. The van der Waals surface area contributed by atoms with E-state index in [-0.39, 0.29) is 5.78 Å². The second-order valence-corrected chi connectivity index (χ2v) is 5.99. The topological polar surface area (TPSA) is 43.4 Å². The first kappa shape index (κ1) is 14.5. The zero-order valence-electron chi connectivity index (χ0n) is 12.7. The van der Waals surface area contributed by atoms with Crippen molar-refractivity contribution in [3.63, 3.8) is 0 Å². The molecule has 0 heterocycles. The number of carbonyl (C=O) groups is 2. The van der Waals surface area contributed by atoms with Gasteiger partial charge in [-0.05, 0) is 38.0 Å². The number of carbonyl (C=O) groups excluding carboxylic acids is 2. The van der Waals surface area contributed by atoms with Gasteiger partial charge in [-0.3, -0.25) is 4.79 Å². The Hall–Kier alpha value is -2.42. The molecule has 2 aromatic rings. The van der Waals surface area contributed by atoms with E-state index in [9.17, 15) is 9.59 Å². The van der Waals surface area contributed by atoms with Crippen molar-refractivity contribution in [2.24, 2.45) is 5.41 Å². The van der Waals surface area contributed by atoms with Crippen molar-refractivity contribution in [1.29, 1.82) is 0 Å². The fourth-order valence-electron chi connectivity index (χ4n) is 2.94. The second kappa shape index (κ2) is 5.41. The molecule has 22 heavy (non-hydrogen) atoms. The van der Waals surface area contributed by atoms with Crippen molar-refractivity contribution in [2.45, 2.75) is 26.4 Å². The molecule has 3 heteroatoms. The molecule has 1 aliphatic rings. The molecule has 112 valence electrons. The maximum Gasteiger partial charge on any atom is 0.338 e. The first-order valence-corrected chi connectivity index (χ1v) is 7.41. The zero-order valence-corrected chi connectivity index (χ0v) is 12.7. The van der Waals surface area contributed by atoms with Crippen molar-refractivity contribution >= 4 is 11.8 Å². The van der Waals surface area contributed by atoms with Crippen LogP contribution in [0.5, 0.6) is 0 Å². The SMILES string of the molecule is C[C@H](OC(=O)c1ccccc1)[C@@]1(C)Cc2ccccc2C1=O. The van der Waals surface area contributed by atoms with Crippen LogP contribution in [0.2, 0.25) is 0 Å². The van der Waals surface area contributed by atoms with Gasteiger partial charge in [0.1, 0.15) is 6.10 Å². The van der Waals surface area contributed by atoms with Crippen LogP contribution in [0.25, 0.3) is 0 Å². The largest absolute Gasteiger partial charge is 0.458 e. The molecule has 0 radical (unpaired) electrons. The summed E-state index contributed by atoms with van der Waals surface area (Å²) < 4.78 is 5.57. The third-order valence-corrected chi connectivity index (χ3v) is 4.53. The van der Waals surface area contributed by atoms with Crippen molar-refractivity contribution < 1.29 is 14.3 Å². The van der Waals surface area contributed by atoms with E-state index in [0.717, 1.165) is 11.1 Å². The number of hydrogen-bond donors (Lipinski definition) is 0. The zero-order chi connectivity index (χ0) is 15.7. The molecule has 0 saturated heterocycles. The molecule has 3 rings (SSSR count). The third kappa shape index (κ3) is 2.33.